The maximum absolute atomic E-state index is 12.8. The molecule has 5 rings (SSSR count). The van der Waals surface area contributed by atoms with Gasteiger partial charge in [-0.25, -0.2) is 0 Å². The summed E-state index contributed by atoms with van der Waals surface area (Å²) < 4.78 is 16.8. The minimum Gasteiger partial charge on any atom is -0.454 e. The first-order valence-corrected chi connectivity index (χ1v) is 6.70. The van der Waals surface area contributed by atoms with E-state index >= 15 is 0 Å². The van der Waals surface area contributed by atoms with Crippen LogP contribution in [-0.4, -0.2) is 24.2 Å². The van der Waals surface area contributed by atoms with Crippen molar-refractivity contribution in [2.75, 3.05) is 6.79 Å². The van der Waals surface area contributed by atoms with Crippen LogP contribution in [-0.2, 0) is 4.74 Å². The average molecular weight is 259 g/mol. The number of ketones is 1. The smallest absolute Gasteiger partial charge is 0.231 e. The zero-order valence-corrected chi connectivity index (χ0v) is 10.3. The lowest BCUT2D eigenvalue weighted by atomic mass is 9.85. The van der Waals surface area contributed by atoms with E-state index in [9.17, 15) is 4.79 Å². The first-order chi connectivity index (χ1) is 9.28. The van der Waals surface area contributed by atoms with Gasteiger partial charge in [-0.1, -0.05) is 0 Å². The fourth-order valence-corrected chi connectivity index (χ4v) is 3.84. The number of benzene rings is 1. The molecular weight excluding hydrogens is 246 g/mol. The summed E-state index contributed by atoms with van der Waals surface area (Å²) >= 11 is 0. The minimum absolute atomic E-state index is 0.101. The van der Waals surface area contributed by atoms with Crippen LogP contribution in [0.3, 0.4) is 0 Å². The molecule has 19 heavy (non-hydrogen) atoms. The summed E-state index contributed by atoms with van der Waals surface area (Å²) in [7, 11) is 0. The Morgan fingerprint density at radius 1 is 1.26 bits per heavy atom. The van der Waals surface area contributed by atoms with Gasteiger partial charge >= 0.3 is 0 Å². The van der Waals surface area contributed by atoms with Gasteiger partial charge in [-0.2, -0.15) is 0 Å². The van der Waals surface area contributed by atoms with Gasteiger partial charge in [0, 0.05) is 17.2 Å². The molecule has 0 aromatic heterocycles. The highest BCUT2D eigenvalue weighted by Gasteiger charge is 2.60. The lowest BCUT2D eigenvalue weighted by Crippen LogP contribution is -2.46. The van der Waals surface area contributed by atoms with E-state index in [0.717, 1.165) is 30.4 Å². The summed E-state index contributed by atoms with van der Waals surface area (Å²) in [5.74, 6) is 1.47. The van der Waals surface area contributed by atoms with Gasteiger partial charge in [-0.3, -0.25) is 10.1 Å². The molecule has 1 aliphatic carbocycles. The molecule has 3 atom stereocenters. The molecule has 98 valence electrons. The Morgan fingerprint density at radius 2 is 2.11 bits per heavy atom. The quantitative estimate of drug-likeness (QED) is 0.765. The van der Waals surface area contributed by atoms with Crippen molar-refractivity contribution in [1.82, 2.24) is 5.32 Å². The highest BCUT2D eigenvalue weighted by molar-refractivity contribution is 6.06. The molecule has 0 radical (unpaired) electrons. The molecule has 3 heterocycles. The van der Waals surface area contributed by atoms with Gasteiger partial charge in [0.15, 0.2) is 17.3 Å². The highest BCUT2D eigenvalue weighted by atomic mass is 16.7. The molecule has 2 fully saturated rings. The Bertz CT molecular complexity index is 614. The van der Waals surface area contributed by atoms with Crippen molar-refractivity contribution in [1.29, 1.82) is 0 Å². The van der Waals surface area contributed by atoms with Gasteiger partial charge in [0.25, 0.3) is 0 Å². The Labute approximate surface area is 109 Å². The first kappa shape index (κ1) is 10.2. The predicted molar refractivity (Wildman–Crippen MR) is 64.2 cm³/mol. The third kappa shape index (κ3) is 1.07. The van der Waals surface area contributed by atoms with Crippen LogP contribution < -0.4 is 14.8 Å². The standard InChI is InChI=1S/C14H13NO4/c16-12-7-4-9-10(18-6-17-9)5-8(7)13-15-11-2-1-3-14(11,12)19-13/h4-5,11,13,15H,1-3,6H2/t11?,13-,14?/m1/s1. The van der Waals surface area contributed by atoms with Gasteiger partial charge in [0.05, 0.1) is 0 Å². The van der Waals surface area contributed by atoms with E-state index in [0.29, 0.717) is 11.5 Å². The second kappa shape index (κ2) is 3.11. The maximum Gasteiger partial charge on any atom is 0.231 e. The van der Waals surface area contributed by atoms with Crippen molar-refractivity contribution in [2.24, 2.45) is 0 Å². The lowest BCUT2D eigenvalue weighted by Gasteiger charge is -2.31. The summed E-state index contributed by atoms with van der Waals surface area (Å²) in [4.78, 5) is 12.8. The molecule has 1 N–H and O–H groups in total. The number of hydrogen-bond acceptors (Lipinski definition) is 5. The van der Waals surface area contributed by atoms with E-state index in [1.165, 1.54) is 0 Å². The zero-order valence-electron chi connectivity index (χ0n) is 10.3. The van der Waals surface area contributed by atoms with Crippen molar-refractivity contribution in [2.45, 2.75) is 37.1 Å². The van der Waals surface area contributed by atoms with Gasteiger partial charge in [0.1, 0.15) is 11.8 Å². The lowest BCUT2D eigenvalue weighted by molar-refractivity contribution is -0.0346. The van der Waals surface area contributed by atoms with Crippen molar-refractivity contribution in [3.8, 4) is 11.5 Å². The zero-order chi connectivity index (χ0) is 12.6. The van der Waals surface area contributed by atoms with Crippen LogP contribution in [0.25, 0.3) is 0 Å². The van der Waals surface area contributed by atoms with Gasteiger partial charge < -0.3 is 14.2 Å². The number of carbonyl (C=O) groups is 1. The second-order valence-electron chi connectivity index (χ2n) is 5.62. The molecule has 5 nitrogen and oxygen atoms in total. The maximum atomic E-state index is 12.8. The molecule has 3 aliphatic heterocycles. The van der Waals surface area contributed by atoms with Gasteiger partial charge in [-0.05, 0) is 31.4 Å². The van der Waals surface area contributed by atoms with Crippen molar-refractivity contribution in [3.05, 3.63) is 23.3 Å². The fraction of sp³-hybridized carbons (Fsp3) is 0.500. The summed E-state index contributed by atoms with van der Waals surface area (Å²) in [6, 6.07) is 3.84. The van der Waals surface area contributed by atoms with Crippen LogP contribution in [0, 0.1) is 0 Å². The summed E-state index contributed by atoms with van der Waals surface area (Å²) in [5, 5.41) is 3.44. The molecule has 1 spiro atoms. The normalized spacial score (nSPS) is 37.4. The molecule has 1 saturated heterocycles. The first-order valence-electron chi connectivity index (χ1n) is 6.70. The van der Waals surface area contributed by atoms with Crippen molar-refractivity contribution >= 4 is 5.78 Å². The molecule has 0 amide bonds. The van der Waals surface area contributed by atoms with Gasteiger partial charge in [0.2, 0.25) is 6.79 Å². The number of rotatable bonds is 0. The third-order valence-electron chi connectivity index (χ3n) is 4.74. The minimum atomic E-state index is -0.634. The average Bonchev–Trinajstić information content (AvgIpc) is 3.07. The molecule has 2 unspecified atom stereocenters. The van der Waals surface area contributed by atoms with Crippen molar-refractivity contribution in [3.63, 3.8) is 0 Å². The number of fused-ring (bicyclic) bond motifs is 4. The van der Waals surface area contributed by atoms with E-state index in [-0.39, 0.29) is 24.8 Å². The Morgan fingerprint density at radius 3 is 3.00 bits per heavy atom. The number of ether oxygens (including phenoxy) is 3. The van der Waals surface area contributed by atoms with E-state index < -0.39 is 5.60 Å². The van der Waals surface area contributed by atoms with Crippen LogP contribution in [0.15, 0.2) is 12.1 Å². The van der Waals surface area contributed by atoms with E-state index in [2.05, 4.69) is 5.32 Å². The number of Topliss-reactive ketones (excluding diaryl/α,β-unsaturated/α-hetero) is 1. The Hall–Kier alpha value is -1.59. The van der Waals surface area contributed by atoms with E-state index in [1.54, 1.807) is 0 Å². The van der Waals surface area contributed by atoms with Gasteiger partial charge in [-0.15, -0.1) is 0 Å². The number of nitrogens with one attached hydrogen (secondary N) is 1. The molecule has 2 bridgehead atoms. The molecule has 1 aromatic rings. The Kier molecular flexibility index (Phi) is 1.67. The summed E-state index contributed by atoms with van der Waals surface area (Å²) in [6.07, 6.45) is 2.67. The Balaban J connectivity index is 1.73. The molecule has 1 aromatic carbocycles. The van der Waals surface area contributed by atoms with Crippen LogP contribution in [0.1, 0.15) is 41.4 Å². The largest absolute Gasteiger partial charge is 0.454 e. The monoisotopic (exact) mass is 259 g/mol. The van der Waals surface area contributed by atoms with Crippen LogP contribution >= 0.6 is 0 Å². The number of hydrogen-bond donors (Lipinski definition) is 1. The summed E-state index contributed by atoms with van der Waals surface area (Å²) in [6.45, 7) is 0.221. The predicted octanol–water partition coefficient (Wildman–Crippen LogP) is 1.52. The van der Waals surface area contributed by atoms with Crippen LogP contribution in [0.2, 0.25) is 0 Å². The third-order valence-corrected chi connectivity index (χ3v) is 4.74. The molecule has 5 heteroatoms. The van der Waals surface area contributed by atoms with E-state index in [1.807, 2.05) is 12.1 Å². The number of carbonyl (C=O) groups excluding carboxylic acids is 1. The SMILES string of the molecule is O=C1c2cc3c(cc2[C@@H]2NC4CCCC14O2)OCO3. The highest BCUT2D eigenvalue weighted by Crippen LogP contribution is 2.51. The molecular formula is C14H13NO4. The topological polar surface area (TPSA) is 56.8 Å². The molecule has 1 saturated carbocycles. The summed E-state index contributed by atoms with van der Waals surface area (Å²) in [5.41, 5.74) is 0.984. The fourth-order valence-electron chi connectivity index (χ4n) is 3.84. The van der Waals surface area contributed by atoms with E-state index in [4.69, 9.17) is 14.2 Å². The second-order valence-corrected chi connectivity index (χ2v) is 5.62. The van der Waals surface area contributed by atoms with Crippen LogP contribution in [0.5, 0.6) is 11.5 Å². The van der Waals surface area contributed by atoms with Crippen LogP contribution in [0.4, 0.5) is 0 Å². The van der Waals surface area contributed by atoms with Crippen molar-refractivity contribution < 1.29 is 19.0 Å². The molecule has 4 aliphatic rings.